The maximum Gasteiger partial charge on any atom is 0.262 e. The van der Waals surface area contributed by atoms with Gasteiger partial charge in [-0.05, 0) is 58.7 Å². The Balaban J connectivity index is 1.91. The first-order valence-corrected chi connectivity index (χ1v) is 7.20. The van der Waals surface area contributed by atoms with E-state index in [1.54, 1.807) is 25.3 Å². The van der Waals surface area contributed by atoms with Gasteiger partial charge in [-0.3, -0.25) is 4.79 Å². The van der Waals surface area contributed by atoms with Crippen LogP contribution in [-0.4, -0.2) is 19.6 Å². The molecule has 0 fully saturated rings. The molecule has 0 unspecified atom stereocenters. The molecule has 0 aliphatic heterocycles. The number of anilines is 1. The Kier molecular flexibility index (Phi) is 5.22. The Bertz CT molecular complexity index is 643. The third kappa shape index (κ3) is 4.49. The number of nitrogens with one attached hydrogen (secondary N) is 1. The summed E-state index contributed by atoms with van der Waals surface area (Å²) in [6.07, 6.45) is 0. The number of methoxy groups -OCH3 is 1. The van der Waals surface area contributed by atoms with Gasteiger partial charge >= 0.3 is 0 Å². The Morgan fingerprint density at radius 2 is 2.05 bits per heavy atom. The van der Waals surface area contributed by atoms with E-state index in [4.69, 9.17) is 9.47 Å². The third-order valence-corrected chi connectivity index (χ3v) is 3.41. The molecule has 4 nitrogen and oxygen atoms in total. The number of hydrogen-bond donors (Lipinski definition) is 1. The fourth-order valence-corrected chi connectivity index (χ4v) is 2.34. The quantitative estimate of drug-likeness (QED) is 0.893. The summed E-state index contributed by atoms with van der Waals surface area (Å²) in [5, 5.41) is 2.77. The minimum Gasteiger partial charge on any atom is -0.496 e. The van der Waals surface area contributed by atoms with Gasteiger partial charge in [0.15, 0.2) is 6.61 Å². The summed E-state index contributed by atoms with van der Waals surface area (Å²) in [4.78, 5) is 11.9. The van der Waals surface area contributed by atoms with Crippen LogP contribution in [0.15, 0.2) is 46.9 Å². The lowest BCUT2D eigenvalue weighted by Crippen LogP contribution is -2.20. The van der Waals surface area contributed by atoms with Crippen molar-refractivity contribution >= 4 is 27.5 Å². The summed E-state index contributed by atoms with van der Waals surface area (Å²) in [6.45, 7) is 1.94. The first-order chi connectivity index (χ1) is 10.1. The molecule has 0 aliphatic rings. The van der Waals surface area contributed by atoms with Crippen molar-refractivity contribution in [3.8, 4) is 11.5 Å². The zero-order chi connectivity index (χ0) is 15.2. The van der Waals surface area contributed by atoms with E-state index in [0.29, 0.717) is 17.2 Å². The lowest BCUT2D eigenvalue weighted by Gasteiger charge is -2.09. The molecule has 0 radical (unpaired) electrons. The first-order valence-electron chi connectivity index (χ1n) is 6.41. The van der Waals surface area contributed by atoms with E-state index >= 15 is 0 Å². The predicted octanol–water partition coefficient (Wildman–Crippen LogP) is 3.78. The van der Waals surface area contributed by atoms with E-state index in [0.717, 1.165) is 10.0 Å². The molecule has 0 bridgehead atoms. The summed E-state index contributed by atoms with van der Waals surface area (Å²) in [7, 11) is 1.59. The first kappa shape index (κ1) is 15.4. The highest BCUT2D eigenvalue weighted by atomic mass is 79.9. The van der Waals surface area contributed by atoms with Crippen LogP contribution < -0.4 is 14.8 Å². The number of benzene rings is 2. The lowest BCUT2D eigenvalue weighted by molar-refractivity contribution is -0.118. The van der Waals surface area contributed by atoms with Gasteiger partial charge in [0, 0.05) is 5.69 Å². The smallest absolute Gasteiger partial charge is 0.262 e. The fourth-order valence-electron chi connectivity index (χ4n) is 1.80. The number of carbonyl (C=O) groups excluding carboxylic acids is 1. The highest BCUT2D eigenvalue weighted by Gasteiger charge is 2.06. The molecule has 5 heteroatoms. The van der Waals surface area contributed by atoms with E-state index < -0.39 is 0 Å². The highest BCUT2D eigenvalue weighted by molar-refractivity contribution is 9.10. The number of ether oxygens (including phenoxy) is 2. The number of carbonyl (C=O) groups is 1. The van der Waals surface area contributed by atoms with Crippen molar-refractivity contribution in [1.82, 2.24) is 0 Å². The van der Waals surface area contributed by atoms with Gasteiger partial charge in [-0.15, -0.1) is 0 Å². The van der Waals surface area contributed by atoms with E-state index in [1.165, 1.54) is 0 Å². The predicted molar refractivity (Wildman–Crippen MR) is 86.0 cm³/mol. The summed E-state index contributed by atoms with van der Waals surface area (Å²) in [5.41, 5.74) is 1.77. The minimum absolute atomic E-state index is 0.0346. The topological polar surface area (TPSA) is 47.6 Å². The van der Waals surface area contributed by atoms with Crippen LogP contribution in [-0.2, 0) is 4.79 Å². The largest absolute Gasteiger partial charge is 0.496 e. The Hall–Kier alpha value is -2.01. The number of aryl methyl sites for hydroxylation is 1. The summed E-state index contributed by atoms with van der Waals surface area (Å²) >= 11 is 3.37. The van der Waals surface area contributed by atoms with Crippen LogP contribution in [0.1, 0.15) is 5.56 Å². The molecular formula is C16H16BrNO3. The Labute approximate surface area is 132 Å². The molecule has 0 heterocycles. The lowest BCUT2D eigenvalue weighted by atomic mass is 10.2. The second-order valence-electron chi connectivity index (χ2n) is 4.50. The van der Waals surface area contributed by atoms with Crippen LogP contribution in [0.2, 0.25) is 0 Å². The summed E-state index contributed by atoms with van der Waals surface area (Å²) in [6, 6.07) is 12.9. The molecule has 2 aromatic carbocycles. The monoisotopic (exact) mass is 349 g/mol. The van der Waals surface area contributed by atoms with Crippen molar-refractivity contribution in [1.29, 1.82) is 0 Å². The molecule has 0 aromatic heterocycles. The zero-order valence-electron chi connectivity index (χ0n) is 11.9. The van der Waals surface area contributed by atoms with Crippen molar-refractivity contribution in [2.75, 3.05) is 19.0 Å². The molecule has 0 saturated heterocycles. The molecule has 0 aliphatic carbocycles. The number of amides is 1. The minimum atomic E-state index is -0.214. The molecule has 0 saturated carbocycles. The highest BCUT2D eigenvalue weighted by Crippen LogP contribution is 2.27. The van der Waals surface area contributed by atoms with E-state index in [1.807, 2.05) is 31.2 Å². The van der Waals surface area contributed by atoms with E-state index in [9.17, 15) is 4.79 Å². The maximum absolute atomic E-state index is 11.9. The second kappa shape index (κ2) is 7.13. The normalized spacial score (nSPS) is 10.0. The SMILES string of the molecule is COc1ccc(NC(=O)COc2cccc(C)c2)cc1Br. The van der Waals surface area contributed by atoms with Crippen molar-refractivity contribution in [3.05, 3.63) is 52.5 Å². The van der Waals surface area contributed by atoms with Crippen molar-refractivity contribution < 1.29 is 14.3 Å². The van der Waals surface area contributed by atoms with Gasteiger partial charge in [-0.2, -0.15) is 0 Å². The van der Waals surface area contributed by atoms with E-state index in [-0.39, 0.29) is 12.5 Å². The van der Waals surface area contributed by atoms with Gasteiger partial charge in [0.25, 0.3) is 5.91 Å². The van der Waals surface area contributed by atoms with Gasteiger partial charge in [0.2, 0.25) is 0 Å². The second-order valence-corrected chi connectivity index (χ2v) is 5.36. The standard InChI is InChI=1S/C16H16BrNO3/c1-11-4-3-5-13(8-11)21-10-16(19)18-12-6-7-15(20-2)14(17)9-12/h3-9H,10H2,1-2H3,(H,18,19). The van der Waals surface area contributed by atoms with Gasteiger partial charge < -0.3 is 14.8 Å². The van der Waals surface area contributed by atoms with E-state index in [2.05, 4.69) is 21.2 Å². The average molecular weight is 350 g/mol. The molecular weight excluding hydrogens is 334 g/mol. The van der Waals surface area contributed by atoms with Crippen molar-refractivity contribution in [2.24, 2.45) is 0 Å². The van der Waals surface area contributed by atoms with Gasteiger partial charge in [0.05, 0.1) is 11.6 Å². The van der Waals surface area contributed by atoms with Gasteiger partial charge in [-0.25, -0.2) is 0 Å². The third-order valence-electron chi connectivity index (χ3n) is 2.80. The molecule has 1 amide bonds. The van der Waals surface area contributed by atoms with Crippen LogP contribution >= 0.6 is 15.9 Å². The molecule has 0 spiro atoms. The van der Waals surface area contributed by atoms with Crippen molar-refractivity contribution in [2.45, 2.75) is 6.92 Å². The zero-order valence-corrected chi connectivity index (χ0v) is 13.4. The average Bonchev–Trinajstić information content (AvgIpc) is 2.45. The van der Waals surface area contributed by atoms with Crippen LogP contribution in [0.3, 0.4) is 0 Å². The summed E-state index contributed by atoms with van der Waals surface area (Å²) in [5.74, 6) is 1.18. The van der Waals surface area contributed by atoms with Gasteiger partial charge in [0.1, 0.15) is 11.5 Å². The Morgan fingerprint density at radius 3 is 2.71 bits per heavy atom. The van der Waals surface area contributed by atoms with Crippen LogP contribution in [0.5, 0.6) is 11.5 Å². The summed E-state index contributed by atoms with van der Waals surface area (Å²) < 4.78 is 11.4. The molecule has 110 valence electrons. The maximum atomic E-state index is 11.9. The van der Waals surface area contributed by atoms with Crippen molar-refractivity contribution in [3.63, 3.8) is 0 Å². The van der Waals surface area contributed by atoms with Crippen LogP contribution in [0.4, 0.5) is 5.69 Å². The van der Waals surface area contributed by atoms with Gasteiger partial charge in [-0.1, -0.05) is 12.1 Å². The molecule has 21 heavy (non-hydrogen) atoms. The number of rotatable bonds is 5. The molecule has 2 aromatic rings. The van der Waals surface area contributed by atoms with Crippen LogP contribution in [0, 0.1) is 6.92 Å². The van der Waals surface area contributed by atoms with Crippen LogP contribution in [0.25, 0.3) is 0 Å². The molecule has 1 N–H and O–H groups in total. The molecule has 0 atom stereocenters. The number of halogens is 1. The molecule has 2 rings (SSSR count). The fraction of sp³-hybridized carbons (Fsp3) is 0.188. The number of hydrogen-bond acceptors (Lipinski definition) is 3. The Morgan fingerprint density at radius 1 is 1.24 bits per heavy atom.